The number of nitrogens with zero attached hydrogens (tertiary/aromatic N) is 4. The molecule has 0 saturated heterocycles. The quantitative estimate of drug-likeness (QED) is 0.798. The summed E-state index contributed by atoms with van der Waals surface area (Å²) < 4.78 is 6.56. The van der Waals surface area contributed by atoms with E-state index in [0.717, 1.165) is 5.56 Å². The molecule has 0 bridgehead atoms. The van der Waals surface area contributed by atoms with Crippen LogP contribution in [-0.2, 0) is 4.74 Å². The monoisotopic (exact) mass is 272 g/mol. The molecule has 0 radical (unpaired) electrons. The second-order valence-electron chi connectivity index (χ2n) is 4.49. The van der Waals surface area contributed by atoms with Crippen molar-refractivity contribution in [3.63, 3.8) is 0 Å². The third-order valence-corrected chi connectivity index (χ3v) is 2.73. The lowest BCUT2D eigenvalue weighted by atomic mass is 10.2. The Kier molecular flexibility index (Phi) is 4.24. The van der Waals surface area contributed by atoms with Crippen molar-refractivity contribution in [3.05, 3.63) is 41.7 Å². The minimum absolute atomic E-state index is 0.307. The molecule has 2 aromatic rings. The van der Waals surface area contributed by atoms with Crippen molar-refractivity contribution in [2.24, 2.45) is 0 Å². The highest BCUT2D eigenvalue weighted by atomic mass is 16.5. The van der Waals surface area contributed by atoms with Gasteiger partial charge in [0.2, 0.25) is 0 Å². The van der Waals surface area contributed by atoms with E-state index in [0.29, 0.717) is 17.3 Å². The predicted molar refractivity (Wildman–Crippen MR) is 74.9 cm³/mol. The predicted octanol–water partition coefficient (Wildman–Crippen LogP) is 2.21. The zero-order valence-corrected chi connectivity index (χ0v) is 11.6. The first kappa shape index (κ1) is 13.9. The number of aromatic nitrogens is 4. The molecule has 2 aromatic heterocycles. The molecule has 104 valence electrons. The summed E-state index contributed by atoms with van der Waals surface area (Å²) in [7, 11) is 1.33. The Morgan fingerprint density at radius 1 is 1.35 bits per heavy atom. The fourth-order valence-electron chi connectivity index (χ4n) is 1.64. The van der Waals surface area contributed by atoms with Gasteiger partial charge in [-0.15, -0.1) is 0 Å². The Labute approximate surface area is 117 Å². The molecule has 0 unspecified atom stereocenters. The maximum Gasteiger partial charge on any atom is 0.341 e. The van der Waals surface area contributed by atoms with E-state index < -0.39 is 5.97 Å². The van der Waals surface area contributed by atoms with E-state index in [2.05, 4.69) is 28.9 Å². The Morgan fingerprint density at radius 3 is 2.80 bits per heavy atom. The summed E-state index contributed by atoms with van der Waals surface area (Å²) in [6, 6.07) is 0.307. The van der Waals surface area contributed by atoms with E-state index in [-0.39, 0.29) is 0 Å². The second-order valence-corrected chi connectivity index (χ2v) is 4.49. The highest BCUT2D eigenvalue weighted by Gasteiger charge is 2.10. The van der Waals surface area contributed by atoms with Gasteiger partial charge in [0, 0.05) is 24.0 Å². The van der Waals surface area contributed by atoms with Crippen molar-refractivity contribution in [3.8, 4) is 0 Å². The van der Waals surface area contributed by atoms with Gasteiger partial charge in [-0.25, -0.2) is 14.8 Å². The van der Waals surface area contributed by atoms with Gasteiger partial charge in [0.15, 0.2) is 0 Å². The molecule has 0 aliphatic heterocycles. The molecule has 6 nitrogen and oxygen atoms in total. The molecule has 0 amide bonds. The molecule has 20 heavy (non-hydrogen) atoms. The topological polar surface area (TPSA) is 69.9 Å². The molecule has 0 atom stereocenters. The zero-order valence-electron chi connectivity index (χ0n) is 11.6. The minimum atomic E-state index is -0.455. The van der Waals surface area contributed by atoms with Crippen molar-refractivity contribution in [2.45, 2.75) is 19.9 Å². The number of hydrogen-bond donors (Lipinski definition) is 0. The summed E-state index contributed by atoms with van der Waals surface area (Å²) >= 11 is 0. The van der Waals surface area contributed by atoms with E-state index >= 15 is 0 Å². The summed E-state index contributed by atoms with van der Waals surface area (Å²) in [6.45, 7) is 4.11. The molecule has 0 N–H and O–H groups in total. The van der Waals surface area contributed by atoms with Crippen molar-refractivity contribution in [2.75, 3.05) is 7.11 Å². The van der Waals surface area contributed by atoms with E-state index in [9.17, 15) is 4.79 Å². The molecule has 0 aliphatic rings. The molecule has 0 fully saturated rings. The summed E-state index contributed by atoms with van der Waals surface area (Å²) in [6.07, 6.45) is 10.1. The van der Waals surface area contributed by atoms with Gasteiger partial charge in [-0.1, -0.05) is 0 Å². The molecule has 2 rings (SSSR count). The van der Waals surface area contributed by atoms with Crippen molar-refractivity contribution in [1.82, 2.24) is 19.7 Å². The second kappa shape index (κ2) is 6.10. The SMILES string of the molecule is COC(=O)c1cncnc1C=Cc1cnn(C(C)C)c1. The van der Waals surface area contributed by atoms with Crippen LogP contribution in [0.2, 0.25) is 0 Å². The summed E-state index contributed by atoms with van der Waals surface area (Å²) in [5.74, 6) is -0.455. The van der Waals surface area contributed by atoms with Crippen LogP contribution in [0.4, 0.5) is 0 Å². The average Bonchev–Trinajstić information content (AvgIpc) is 2.93. The summed E-state index contributed by atoms with van der Waals surface area (Å²) in [4.78, 5) is 19.5. The van der Waals surface area contributed by atoms with Gasteiger partial charge in [0.1, 0.15) is 11.9 Å². The number of rotatable bonds is 4. The first-order valence-electron chi connectivity index (χ1n) is 6.22. The lowest BCUT2D eigenvalue weighted by molar-refractivity contribution is 0.0599. The fraction of sp³-hybridized carbons (Fsp3) is 0.286. The standard InChI is InChI=1S/C14H16N4O2/c1-10(2)18-8-11(6-17-18)4-5-13-12(14(19)20-3)7-15-9-16-13/h4-10H,1-3H3. The van der Waals surface area contributed by atoms with Crippen LogP contribution < -0.4 is 0 Å². The van der Waals surface area contributed by atoms with Crippen LogP contribution >= 0.6 is 0 Å². The van der Waals surface area contributed by atoms with Crippen LogP contribution in [0.15, 0.2) is 24.9 Å². The van der Waals surface area contributed by atoms with Crippen molar-refractivity contribution < 1.29 is 9.53 Å². The normalized spacial score (nSPS) is 11.2. The van der Waals surface area contributed by atoms with Gasteiger partial charge in [0.25, 0.3) is 0 Å². The molecule has 0 spiro atoms. The van der Waals surface area contributed by atoms with Crippen LogP contribution in [0.1, 0.15) is 41.5 Å². The Bertz CT molecular complexity index is 632. The smallest absolute Gasteiger partial charge is 0.341 e. The van der Waals surface area contributed by atoms with Gasteiger partial charge in [-0.3, -0.25) is 4.68 Å². The van der Waals surface area contributed by atoms with Crippen molar-refractivity contribution >= 4 is 18.1 Å². The fourth-order valence-corrected chi connectivity index (χ4v) is 1.64. The van der Waals surface area contributed by atoms with Gasteiger partial charge in [0.05, 0.1) is 19.0 Å². The first-order valence-corrected chi connectivity index (χ1v) is 6.22. The number of carbonyl (C=O) groups excluding carboxylic acids is 1. The van der Waals surface area contributed by atoms with Gasteiger partial charge < -0.3 is 4.74 Å². The van der Waals surface area contributed by atoms with E-state index in [4.69, 9.17) is 4.74 Å². The molecular weight excluding hydrogens is 256 g/mol. The van der Waals surface area contributed by atoms with Crippen LogP contribution in [-0.4, -0.2) is 32.8 Å². The number of ether oxygens (including phenoxy) is 1. The molecule has 2 heterocycles. The van der Waals surface area contributed by atoms with Gasteiger partial charge >= 0.3 is 5.97 Å². The molecule has 0 saturated carbocycles. The molecule has 0 aromatic carbocycles. The maximum absolute atomic E-state index is 11.6. The highest BCUT2D eigenvalue weighted by molar-refractivity contribution is 5.93. The van der Waals surface area contributed by atoms with Crippen LogP contribution in [0.25, 0.3) is 12.2 Å². The van der Waals surface area contributed by atoms with Crippen LogP contribution in [0, 0.1) is 0 Å². The summed E-state index contributed by atoms with van der Waals surface area (Å²) in [5, 5.41) is 4.24. The largest absolute Gasteiger partial charge is 0.465 e. The van der Waals surface area contributed by atoms with Crippen LogP contribution in [0.5, 0.6) is 0 Å². The van der Waals surface area contributed by atoms with E-state index in [1.54, 1.807) is 12.3 Å². The number of esters is 1. The third kappa shape index (κ3) is 3.09. The van der Waals surface area contributed by atoms with E-state index in [1.807, 2.05) is 17.0 Å². The Balaban J connectivity index is 2.24. The Morgan fingerprint density at radius 2 is 2.15 bits per heavy atom. The van der Waals surface area contributed by atoms with Crippen LogP contribution in [0.3, 0.4) is 0 Å². The number of methoxy groups -OCH3 is 1. The van der Waals surface area contributed by atoms with Crippen molar-refractivity contribution in [1.29, 1.82) is 0 Å². The lowest BCUT2D eigenvalue weighted by Gasteiger charge is -2.02. The third-order valence-electron chi connectivity index (χ3n) is 2.73. The number of carbonyl (C=O) groups is 1. The minimum Gasteiger partial charge on any atom is -0.465 e. The Hall–Kier alpha value is -2.50. The molecular formula is C14H16N4O2. The van der Waals surface area contributed by atoms with Gasteiger partial charge in [-0.2, -0.15) is 5.10 Å². The molecule has 0 aliphatic carbocycles. The zero-order chi connectivity index (χ0) is 14.5. The summed E-state index contributed by atoms with van der Waals surface area (Å²) in [5.41, 5.74) is 1.79. The van der Waals surface area contributed by atoms with E-state index in [1.165, 1.54) is 19.6 Å². The molecule has 6 heteroatoms. The maximum atomic E-state index is 11.6. The highest BCUT2D eigenvalue weighted by Crippen LogP contribution is 2.12. The lowest BCUT2D eigenvalue weighted by Crippen LogP contribution is -2.05. The average molecular weight is 272 g/mol. The first-order chi connectivity index (χ1) is 9.61. The number of hydrogen-bond acceptors (Lipinski definition) is 5. The van der Waals surface area contributed by atoms with Gasteiger partial charge in [-0.05, 0) is 26.0 Å².